The van der Waals surface area contributed by atoms with Crippen molar-refractivity contribution in [3.8, 4) is 0 Å². The normalized spacial score (nSPS) is 21.5. The first-order valence-electron chi connectivity index (χ1n) is 8.82. The molecular weight excluding hydrogens is 302 g/mol. The fourth-order valence-electron chi connectivity index (χ4n) is 3.88. The molecule has 126 valence electrons. The van der Waals surface area contributed by atoms with E-state index in [0.29, 0.717) is 31.2 Å². The minimum absolute atomic E-state index is 0.0457. The molecule has 1 N–H and O–H groups in total. The highest BCUT2D eigenvalue weighted by Gasteiger charge is 2.26. The Kier molecular flexibility index (Phi) is 4.10. The molecule has 1 aliphatic heterocycles. The zero-order valence-corrected chi connectivity index (χ0v) is 13.8. The van der Waals surface area contributed by atoms with Gasteiger partial charge in [0.25, 0.3) is 5.91 Å². The van der Waals surface area contributed by atoms with Crippen LogP contribution in [0.4, 0.5) is 0 Å². The van der Waals surface area contributed by atoms with Crippen molar-refractivity contribution >= 4 is 5.91 Å². The standard InChI is InChI=1S/C19H23N3O2/c23-18-10-11-21(13-14-5-1-4-8-16(14)18)19(24)17-9-12-22(20-17)15-6-2-3-7-15/h1,4-5,8-9,12,15,18,23H,2-3,6-7,10-11,13H2. The van der Waals surface area contributed by atoms with Gasteiger partial charge in [-0.25, -0.2) is 0 Å². The van der Waals surface area contributed by atoms with E-state index in [1.807, 2.05) is 41.2 Å². The fraction of sp³-hybridized carbons (Fsp3) is 0.474. The molecule has 1 aromatic carbocycles. The van der Waals surface area contributed by atoms with Crippen molar-refractivity contribution in [1.29, 1.82) is 0 Å². The molecule has 1 fully saturated rings. The minimum Gasteiger partial charge on any atom is -0.388 e. The van der Waals surface area contributed by atoms with Crippen LogP contribution >= 0.6 is 0 Å². The van der Waals surface area contributed by atoms with Gasteiger partial charge >= 0.3 is 0 Å². The summed E-state index contributed by atoms with van der Waals surface area (Å²) < 4.78 is 1.96. The van der Waals surface area contributed by atoms with Crippen LogP contribution in [0.15, 0.2) is 36.5 Å². The lowest BCUT2D eigenvalue weighted by Crippen LogP contribution is -2.31. The number of aliphatic hydroxyl groups is 1. The first-order valence-corrected chi connectivity index (χ1v) is 8.82. The second-order valence-corrected chi connectivity index (χ2v) is 6.85. The number of hydrogen-bond acceptors (Lipinski definition) is 3. The first kappa shape index (κ1) is 15.4. The van der Waals surface area contributed by atoms with Gasteiger partial charge in [-0.3, -0.25) is 9.48 Å². The quantitative estimate of drug-likeness (QED) is 0.923. The maximum absolute atomic E-state index is 12.9. The van der Waals surface area contributed by atoms with Crippen LogP contribution in [0.5, 0.6) is 0 Å². The predicted octanol–water partition coefficient (Wildman–Crippen LogP) is 3.08. The van der Waals surface area contributed by atoms with Gasteiger partial charge < -0.3 is 10.0 Å². The van der Waals surface area contributed by atoms with Gasteiger partial charge in [0, 0.05) is 19.3 Å². The lowest BCUT2D eigenvalue weighted by Gasteiger charge is -2.19. The Morgan fingerprint density at radius 1 is 1.12 bits per heavy atom. The molecule has 24 heavy (non-hydrogen) atoms. The van der Waals surface area contributed by atoms with Crippen LogP contribution in [0.3, 0.4) is 0 Å². The van der Waals surface area contributed by atoms with Crippen molar-refractivity contribution in [2.75, 3.05) is 6.54 Å². The van der Waals surface area contributed by atoms with Gasteiger partial charge in [-0.05, 0) is 36.5 Å². The Balaban J connectivity index is 1.54. The predicted molar refractivity (Wildman–Crippen MR) is 90.5 cm³/mol. The number of rotatable bonds is 2. The fourth-order valence-corrected chi connectivity index (χ4v) is 3.88. The van der Waals surface area contributed by atoms with E-state index in [2.05, 4.69) is 5.10 Å². The van der Waals surface area contributed by atoms with E-state index >= 15 is 0 Å². The summed E-state index contributed by atoms with van der Waals surface area (Å²) in [6.45, 7) is 1.08. The lowest BCUT2D eigenvalue weighted by molar-refractivity contribution is 0.0716. The second-order valence-electron chi connectivity index (χ2n) is 6.85. The maximum atomic E-state index is 12.9. The summed E-state index contributed by atoms with van der Waals surface area (Å²) in [6.07, 6.45) is 6.78. The first-order chi connectivity index (χ1) is 11.7. The second kappa shape index (κ2) is 6.40. The molecule has 0 spiro atoms. The number of carbonyl (C=O) groups excluding carboxylic acids is 1. The summed E-state index contributed by atoms with van der Waals surface area (Å²) in [5.41, 5.74) is 2.46. The number of amides is 1. The van der Waals surface area contributed by atoms with Crippen LogP contribution in [0.2, 0.25) is 0 Å². The third kappa shape index (κ3) is 2.84. The van der Waals surface area contributed by atoms with Crippen molar-refractivity contribution in [2.24, 2.45) is 0 Å². The van der Waals surface area contributed by atoms with Crippen LogP contribution in [0.1, 0.15) is 65.9 Å². The Bertz CT molecular complexity index is 734. The molecule has 0 radical (unpaired) electrons. The number of benzene rings is 1. The molecule has 5 heteroatoms. The number of hydrogen-bond donors (Lipinski definition) is 1. The summed E-state index contributed by atoms with van der Waals surface area (Å²) in [4.78, 5) is 14.7. The van der Waals surface area contributed by atoms with Crippen molar-refractivity contribution in [3.63, 3.8) is 0 Å². The third-order valence-electron chi connectivity index (χ3n) is 5.26. The average molecular weight is 325 g/mol. The van der Waals surface area contributed by atoms with E-state index in [1.54, 1.807) is 4.90 Å². The van der Waals surface area contributed by atoms with Gasteiger partial charge in [0.1, 0.15) is 5.69 Å². The van der Waals surface area contributed by atoms with E-state index in [1.165, 1.54) is 12.8 Å². The van der Waals surface area contributed by atoms with Gasteiger partial charge in [-0.1, -0.05) is 37.1 Å². The summed E-state index contributed by atoms with van der Waals surface area (Å²) in [5, 5.41) is 14.8. The summed E-state index contributed by atoms with van der Waals surface area (Å²) in [5.74, 6) is -0.0457. The van der Waals surface area contributed by atoms with E-state index in [9.17, 15) is 9.90 Å². The highest BCUT2D eigenvalue weighted by Crippen LogP contribution is 2.29. The van der Waals surface area contributed by atoms with Crippen molar-refractivity contribution in [3.05, 3.63) is 53.3 Å². The number of nitrogens with zero attached hydrogens (tertiary/aromatic N) is 3. The van der Waals surface area contributed by atoms with E-state index < -0.39 is 6.10 Å². The Labute approximate surface area is 141 Å². The molecule has 1 atom stereocenters. The lowest BCUT2D eigenvalue weighted by atomic mass is 10.0. The molecule has 0 saturated heterocycles. The molecule has 1 unspecified atom stereocenters. The molecule has 2 aromatic rings. The Morgan fingerprint density at radius 2 is 1.92 bits per heavy atom. The number of aliphatic hydroxyl groups excluding tert-OH is 1. The molecule has 5 nitrogen and oxygen atoms in total. The zero-order valence-electron chi connectivity index (χ0n) is 13.8. The van der Waals surface area contributed by atoms with Gasteiger partial charge in [-0.15, -0.1) is 0 Å². The van der Waals surface area contributed by atoms with Gasteiger partial charge in [-0.2, -0.15) is 5.10 Å². The molecule has 1 aromatic heterocycles. The van der Waals surface area contributed by atoms with Crippen LogP contribution in [-0.4, -0.2) is 32.2 Å². The van der Waals surface area contributed by atoms with Crippen molar-refractivity contribution < 1.29 is 9.90 Å². The maximum Gasteiger partial charge on any atom is 0.274 e. The van der Waals surface area contributed by atoms with E-state index in [0.717, 1.165) is 24.0 Å². The van der Waals surface area contributed by atoms with Crippen LogP contribution < -0.4 is 0 Å². The topological polar surface area (TPSA) is 58.4 Å². The summed E-state index contributed by atoms with van der Waals surface area (Å²) in [7, 11) is 0. The third-order valence-corrected chi connectivity index (χ3v) is 5.26. The summed E-state index contributed by atoms with van der Waals surface area (Å²) in [6, 6.07) is 10.1. The van der Waals surface area contributed by atoms with Crippen LogP contribution in [-0.2, 0) is 6.54 Å². The molecule has 4 rings (SSSR count). The largest absolute Gasteiger partial charge is 0.388 e. The number of aromatic nitrogens is 2. The van der Waals surface area contributed by atoms with Crippen LogP contribution in [0, 0.1) is 0 Å². The molecule has 1 amide bonds. The molecule has 1 saturated carbocycles. The highest BCUT2D eigenvalue weighted by atomic mass is 16.3. The number of carbonyl (C=O) groups is 1. The molecule has 2 heterocycles. The van der Waals surface area contributed by atoms with Crippen molar-refractivity contribution in [1.82, 2.24) is 14.7 Å². The molecule has 0 bridgehead atoms. The van der Waals surface area contributed by atoms with E-state index in [4.69, 9.17) is 0 Å². The van der Waals surface area contributed by atoms with Gasteiger partial charge in [0.15, 0.2) is 0 Å². The minimum atomic E-state index is -0.505. The Morgan fingerprint density at radius 3 is 2.75 bits per heavy atom. The molecular formula is C19H23N3O2. The summed E-state index contributed by atoms with van der Waals surface area (Å²) >= 11 is 0. The Hall–Kier alpha value is -2.14. The monoisotopic (exact) mass is 325 g/mol. The smallest absolute Gasteiger partial charge is 0.274 e. The molecule has 1 aliphatic carbocycles. The van der Waals surface area contributed by atoms with Crippen LogP contribution in [0.25, 0.3) is 0 Å². The van der Waals surface area contributed by atoms with Gasteiger partial charge in [0.2, 0.25) is 0 Å². The average Bonchev–Trinajstić information content (AvgIpc) is 3.26. The highest BCUT2D eigenvalue weighted by molar-refractivity contribution is 5.92. The SMILES string of the molecule is O=C(c1ccn(C2CCCC2)n1)N1CCC(O)c2ccccc2C1. The zero-order chi connectivity index (χ0) is 16.5. The molecule has 2 aliphatic rings. The van der Waals surface area contributed by atoms with Gasteiger partial charge in [0.05, 0.1) is 12.1 Å². The number of fused-ring (bicyclic) bond motifs is 1. The van der Waals surface area contributed by atoms with E-state index in [-0.39, 0.29) is 5.91 Å². The van der Waals surface area contributed by atoms with Crippen molar-refractivity contribution in [2.45, 2.75) is 50.8 Å².